The summed E-state index contributed by atoms with van der Waals surface area (Å²) >= 11 is 0. The molecule has 9 heteroatoms. The zero-order valence-electron chi connectivity index (χ0n) is 15.6. The van der Waals surface area contributed by atoms with Crippen LogP contribution in [0.3, 0.4) is 0 Å². The second-order valence-electron chi connectivity index (χ2n) is 6.96. The minimum atomic E-state index is -3.87. The topological polar surface area (TPSA) is 111 Å². The van der Waals surface area contributed by atoms with Gasteiger partial charge in [0.15, 0.2) is 0 Å². The van der Waals surface area contributed by atoms with Crippen LogP contribution in [-0.4, -0.2) is 26.0 Å². The number of rotatable bonds is 7. The number of nitro groups is 1. The second kappa shape index (κ2) is 7.93. The molecule has 0 aliphatic carbocycles. The quantitative estimate of drug-likeness (QED) is 0.552. The molecular formula is C18H23N3O5S. The smallest absolute Gasteiger partial charge is 0.293 e. The standard InChI is InChI=1S/C18H23N3O5S/c1-18(2,3)20-27(24,25)14-9-10-15(16(11-14)21(22)23)19-12-13-7-5-6-8-17(13)26-4/h5-11,19-20H,12H2,1-4H3. The number of benzene rings is 2. The molecule has 2 aromatic carbocycles. The normalized spacial score (nSPS) is 11.9. The zero-order valence-corrected chi connectivity index (χ0v) is 16.5. The third-order valence-electron chi connectivity index (χ3n) is 3.58. The Labute approximate surface area is 158 Å². The van der Waals surface area contributed by atoms with Crippen LogP contribution in [-0.2, 0) is 16.6 Å². The lowest BCUT2D eigenvalue weighted by atomic mass is 10.1. The first-order valence-corrected chi connectivity index (χ1v) is 9.70. The van der Waals surface area contributed by atoms with Crippen molar-refractivity contribution in [2.24, 2.45) is 0 Å². The van der Waals surface area contributed by atoms with Crippen LogP contribution < -0.4 is 14.8 Å². The van der Waals surface area contributed by atoms with Crippen LogP contribution >= 0.6 is 0 Å². The van der Waals surface area contributed by atoms with Gasteiger partial charge in [-0.1, -0.05) is 18.2 Å². The first-order valence-electron chi connectivity index (χ1n) is 8.22. The lowest BCUT2D eigenvalue weighted by Crippen LogP contribution is -2.40. The molecular weight excluding hydrogens is 370 g/mol. The average Bonchev–Trinajstić information content (AvgIpc) is 2.57. The van der Waals surface area contributed by atoms with Crippen molar-refractivity contribution >= 4 is 21.4 Å². The summed E-state index contributed by atoms with van der Waals surface area (Å²) in [5, 5.41) is 14.4. The number of sulfonamides is 1. The molecule has 0 aromatic heterocycles. The van der Waals surface area contributed by atoms with Crippen LogP contribution in [0.15, 0.2) is 47.4 Å². The van der Waals surface area contributed by atoms with Crippen LogP contribution in [0.5, 0.6) is 5.75 Å². The van der Waals surface area contributed by atoms with Crippen LogP contribution in [0, 0.1) is 10.1 Å². The van der Waals surface area contributed by atoms with Crippen LogP contribution in [0.1, 0.15) is 26.3 Å². The third kappa shape index (κ3) is 5.41. The lowest BCUT2D eigenvalue weighted by molar-refractivity contribution is -0.384. The number of hydrogen-bond donors (Lipinski definition) is 2. The van der Waals surface area contributed by atoms with E-state index in [1.165, 1.54) is 12.1 Å². The molecule has 0 spiro atoms. The summed E-state index contributed by atoms with van der Waals surface area (Å²) in [5.41, 5.74) is 0.0247. The number of nitrogens with zero attached hydrogens (tertiary/aromatic N) is 1. The van der Waals surface area contributed by atoms with Gasteiger partial charge in [0.2, 0.25) is 10.0 Å². The molecule has 0 aliphatic rings. The van der Waals surface area contributed by atoms with Gasteiger partial charge in [-0.25, -0.2) is 13.1 Å². The minimum absolute atomic E-state index is 0.160. The SMILES string of the molecule is COc1ccccc1CNc1ccc(S(=O)(=O)NC(C)(C)C)cc1[N+](=O)[O-]. The number of anilines is 1. The summed E-state index contributed by atoms with van der Waals surface area (Å²) in [6.07, 6.45) is 0. The molecule has 27 heavy (non-hydrogen) atoms. The van der Waals surface area contributed by atoms with E-state index in [4.69, 9.17) is 4.74 Å². The maximum atomic E-state index is 12.4. The number of nitro benzene ring substituents is 1. The Hall–Kier alpha value is -2.65. The van der Waals surface area contributed by atoms with Crippen molar-refractivity contribution in [3.05, 3.63) is 58.1 Å². The van der Waals surface area contributed by atoms with Gasteiger partial charge in [-0.3, -0.25) is 10.1 Å². The first-order chi connectivity index (χ1) is 12.5. The molecule has 2 N–H and O–H groups in total. The number of ether oxygens (including phenoxy) is 1. The number of para-hydroxylation sites is 1. The van der Waals surface area contributed by atoms with E-state index in [2.05, 4.69) is 10.0 Å². The molecule has 0 radical (unpaired) electrons. The summed E-state index contributed by atoms with van der Waals surface area (Å²) < 4.78 is 32.6. The number of nitrogens with one attached hydrogen (secondary N) is 2. The van der Waals surface area contributed by atoms with E-state index in [9.17, 15) is 18.5 Å². The van der Waals surface area contributed by atoms with Crippen molar-refractivity contribution in [3.8, 4) is 5.75 Å². The number of hydrogen-bond acceptors (Lipinski definition) is 6. The van der Waals surface area contributed by atoms with E-state index in [1.807, 2.05) is 18.2 Å². The molecule has 0 amide bonds. The van der Waals surface area contributed by atoms with E-state index in [1.54, 1.807) is 33.9 Å². The third-order valence-corrected chi connectivity index (χ3v) is 5.33. The maximum Gasteiger partial charge on any atom is 0.293 e. The van der Waals surface area contributed by atoms with Crippen LogP contribution in [0.25, 0.3) is 0 Å². The monoisotopic (exact) mass is 393 g/mol. The van der Waals surface area contributed by atoms with Gasteiger partial charge in [0, 0.05) is 23.7 Å². The Morgan fingerprint density at radius 2 is 1.81 bits per heavy atom. The second-order valence-corrected chi connectivity index (χ2v) is 8.64. The highest BCUT2D eigenvalue weighted by atomic mass is 32.2. The zero-order chi connectivity index (χ0) is 20.2. The summed E-state index contributed by atoms with van der Waals surface area (Å²) in [5.74, 6) is 0.654. The Morgan fingerprint density at radius 3 is 2.41 bits per heavy atom. The molecule has 0 unspecified atom stereocenters. The fourth-order valence-corrected chi connectivity index (χ4v) is 3.92. The molecule has 0 saturated heterocycles. The highest BCUT2D eigenvalue weighted by Crippen LogP contribution is 2.29. The van der Waals surface area contributed by atoms with Gasteiger partial charge in [0.25, 0.3) is 5.69 Å². The molecule has 0 fully saturated rings. The van der Waals surface area contributed by atoms with Gasteiger partial charge in [-0.15, -0.1) is 0 Å². The summed E-state index contributed by atoms with van der Waals surface area (Å²) in [6, 6.07) is 11.1. The molecule has 0 aliphatic heterocycles. The largest absolute Gasteiger partial charge is 0.496 e. The maximum absolute atomic E-state index is 12.4. The van der Waals surface area contributed by atoms with Crippen molar-refractivity contribution in [1.29, 1.82) is 0 Å². The predicted molar refractivity (Wildman–Crippen MR) is 103 cm³/mol. The Bertz CT molecular complexity index is 936. The van der Waals surface area contributed by atoms with Crippen LogP contribution in [0.4, 0.5) is 11.4 Å². The van der Waals surface area contributed by atoms with E-state index in [0.717, 1.165) is 11.6 Å². The van der Waals surface area contributed by atoms with E-state index in [0.29, 0.717) is 5.75 Å². The molecule has 0 bridgehead atoms. The van der Waals surface area contributed by atoms with Gasteiger partial charge >= 0.3 is 0 Å². The summed E-state index contributed by atoms with van der Waals surface area (Å²) in [4.78, 5) is 10.7. The van der Waals surface area contributed by atoms with Gasteiger partial charge in [0.1, 0.15) is 11.4 Å². The van der Waals surface area contributed by atoms with Gasteiger partial charge in [-0.05, 0) is 39.0 Å². The highest BCUT2D eigenvalue weighted by Gasteiger charge is 2.25. The highest BCUT2D eigenvalue weighted by molar-refractivity contribution is 7.89. The van der Waals surface area contributed by atoms with E-state index in [-0.39, 0.29) is 22.8 Å². The molecule has 0 atom stereocenters. The summed E-state index contributed by atoms with van der Waals surface area (Å²) in [7, 11) is -2.33. The Balaban J connectivity index is 2.32. The molecule has 2 aromatic rings. The molecule has 146 valence electrons. The molecule has 8 nitrogen and oxygen atoms in total. The molecule has 2 rings (SSSR count). The fourth-order valence-electron chi connectivity index (χ4n) is 2.48. The Morgan fingerprint density at radius 1 is 1.15 bits per heavy atom. The molecule has 0 heterocycles. The van der Waals surface area contributed by atoms with Crippen molar-refractivity contribution in [2.45, 2.75) is 37.8 Å². The predicted octanol–water partition coefficient (Wildman–Crippen LogP) is 3.29. The molecule has 0 saturated carbocycles. The van der Waals surface area contributed by atoms with Crippen molar-refractivity contribution in [2.75, 3.05) is 12.4 Å². The van der Waals surface area contributed by atoms with E-state index < -0.39 is 20.5 Å². The van der Waals surface area contributed by atoms with Crippen molar-refractivity contribution in [3.63, 3.8) is 0 Å². The lowest BCUT2D eigenvalue weighted by Gasteiger charge is -2.20. The van der Waals surface area contributed by atoms with Crippen molar-refractivity contribution in [1.82, 2.24) is 4.72 Å². The average molecular weight is 393 g/mol. The van der Waals surface area contributed by atoms with Gasteiger partial charge in [0.05, 0.1) is 16.9 Å². The number of methoxy groups -OCH3 is 1. The minimum Gasteiger partial charge on any atom is -0.496 e. The van der Waals surface area contributed by atoms with Gasteiger partial charge < -0.3 is 10.1 Å². The first kappa shape index (κ1) is 20.7. The Kier molecular flexibility index (Phi) is 6.07. The fraction of sp³-hybridized carbons (Fsp3) is 0.333. The van der Waals surface area contributed by atoms with Gasteiger partial charge in [-0.2, -0.15) is 0 Å². The van der Waals surface area contributed by atoms with E-state index >= 15 is 0 Å². The van der Waals surface area contributed by atoms with Crippen molar-refractivity contribution < 1.29 is 18.1 Å². The summed E-state index contributed by atoms with van der Waals surface area (Å²) in [6.45, 7) is 5.38. The van der Waals surface area contributed by atoms with Crippen LogP contribution in [0.2, 0.25) is 0 Å².